The number of carbonyl (C=O) groups is 1. The van der Waals surface area contributed by atoms with Gasteiger partial charge in [0.05, 0.1) is 12.6 Å². The van der Waals surface area contributed by atoms with E-state index in [2.05, 4.69) is 0 Å². The van der Waals surface area contributed by atoms with Crippen molar-refractivity contribution in [1.82, 2.24) is 4.90 Å². The van der Waals surface area contributed by atoms with Crippen LogP contribution in [0.5, 0.6) is 0 Å². The smallest absolute Gasteiger partial charge is 0.223 e. The van der Waals surface area contributed by atoms with Gasteiger partial charge in [-0.3, -0.25) is 4.79 Å². The molecule has 0 aromatic carbocycles. The van der Waals surface area contributed by atoms with E-state index in [1.807, 2.05) is 4.90 Å². The number of carbonyl (C=O) groups excluding carboxylic acids is 1. The highest BCUT2D eigenvalue weighted by atomic mass is 16.3. The predicted octanol–water partition coefficient (Wildman–Crippen LogP) is 1.27. The number of hydrogen-bond acceptors (Lipinski definition) is 3. The number of amides is 1. The molecule has 0 bridgehead atoms. The van der Waals surface area contributed by atoms with E-state index in [0.29, 0.717) is 12.3 Å². The molecule has 1 aliphatic heterocycles. The second-order valence-electron chi connectivity index (χ2n) is 5.83. The molecular formula is C14H26N2O2. The molecule has 1 heterocycles. The van der Waals surface area contributed by atoms with Gasteiger partial charge in [0.15, 0.2) is 0 Å². The summed E-state index contributed by atoms with van der Waals surface area (Å²) in [5.74, 6) is 0.559. The molecule has 4 nitrogen and oxygen atoms in total. The SMILES string of the molecule is NC1CCCCC1CC(=O)N1CCCCC1CO. The Bertz CT molecular complexity index is 283. The van der Waals surface area contributed by atoms with Gasteiger partial charge in [0.2, 0.25) is 5.91 Å². The third kappa shape index (κ3) is 3.23. The fraction of sp³-hybridized carbons (Fsp3) is 0.929. The van der Waals surface area contributed by atoms with Crippen LogP contribution in [0, 0.1) is 5.92 Å². The van der Waals surface area contributed by atoms with Crippen molar-refractivity contribution >= 4 is 5.91 Å². The maximum atomic E-state index is 12.3. The van der Waals surface area contributed by atoms with Crippen LogP contribution in [-0.2, 0) is 4.79 Å². The first-order valence-electron chi connectivity index (χ1n) is 7.38. The number of aliphatic hydroxyl groups excluding tert-OH is 1. The largest absolute Gasteiger partial charge is 0.394 e. The quantitative estimate of drug-likeness (QED) is 0.797. The first kappa shape index (κ1) is 13.8. The van der Waals surface area contributed by atoms with Crippen LogP contribution in [0.4, 0.5) is 0 Å². The lowest BCUT2D eigenvalue weighted by molar-refractivity contribution is -0.137. The van der Waals surface area contributed by atoms with Gasteiger partial charge in [-0.25, -0.2) is 0 Å². The van der Waals surface area contributed by atoms with E-state index < -0.39 is 0 Å². The fourth-order valence-corrected chi connectivity index (χ4v) is 3.35. The average Bonchev–Trinajstić information content (AvgIpc) is 2.41. The first-order chi connectivity index (χ1) is 8.72. The molecule has 0 spiro atoms. The van der Waals surface area contributed by atoms with Gasteiger partial charge in [0.25, 0.3) is 0 Å². The molecule has 18 heavy (non-hydrogen) atoms. The zero-order chi connectivity index (χ0) is 13.0. The van der Waals surface area contributed by atoms with Crippen molar-refractivity contribution in [3.63, 3.8) is 0 Å². The molecule has 1 amide bonds. The van der Waals surface area contributed by atoms with Gasteiger partial charge in [0, 0.05) is 19.0 Å². The van der Waals surface area contributed by atoms with Crippen molar-refractivity contribution in [3.8, 4) is 0 Å². The van der Waals surface area contributed by atoms with E-state index in [-0.39, 0.29) is 24.6 Å². The molecule has 1 saturated heterocycles. The van der Waals surface area contributed by atoms with Crippen molar-refractivity contribution in [2.75, 3.05) is 13.2 Å². The molecule has 3 unspecified atom stereocenters. The molecule has 4 heteroatoms. The Morgan fingerprint density at radius 2 is 1.89 bits per heavy atom. The van der Waals surface area contributed by atoms with Crippen molar-refractivity contribution in [3.05, 3.63) is 0 Å². The Morgan fingerprint density at radius 1 is 1.17 bits per heavy atom. The second kappa shape index (κ2) is 6.53. The maximum Gasteiger partial charge on any atom is 0.223 e. The van der Waals surface area contributed by atoms with Gasteiger partial charge in [-0.1, -0.05) is 12.8 Å². The molecule has 2 aliphatic rings. The Hall–Kier alpha value is -0.610. The Balaban J connectivity index is 1.89. The molecule has 2 rings (SSSR count). The number of piperidine rings is 1. The van der Waals surface area contributed by atoms with E-state index in [1.54, 1.807) is 0 Å². The molecule has 3 atom stereocenters. The van der Waals surface area contributed by atoms with Crippen LogP contribution in [0.15, 0.2) is 0 Å². The van der Waals surface area contributed by atoms with Crippen molar-refractivity contribution < 1.29 is 9.90 Å². The van der Waals surface area contributed by atoms with E-state index in [0.717, 1.165) is 38.6 Å². The monoisotopic (exact) mass is 254 g/mol. The zero-order valence-corrected chi connectivity index (χ0v) is 11.2. The zero-order valence-electron chi connectivity index (χ0n) is 11.2. The summed E-state index contributed by atoms with van der Waals surface area (Å²) in [4.78, 5) is 14.2. The van der Waals surface area contributed by atoms with E-state index in [1.165, 1.54) is 12.8 Å². The molecule has 1 saturated carbocycles. The normalized spacial score (nSPS) is 33.4. The van der Waals surface area contributed by atoms with Gasteiger partial charge < -0.3 is 15.7 Å². The Morgan fingerprint density at radius 3 is 2.61 bits per heavy atom. The summed E-state index contributed by atoms with van der Waals surface area (Å²) in [5.41, 5.74) is 6.10. The number of rotatable bonds is 3. The van der Waals surface area contributed by atoms with Crippen molar-refractivity contribution in [2.45, 2.75) is 63.5 Å². The topological polar surface area (TPSA) is 66.6 Å². The standard InChI is InChI=1S/C14H26N2O2/c15-13-7-2-1-5-11(13)9-14(18)16-8-4-3-6-12(16)10-17/h11-13,17H,1-10,15H2. The second-order valence-corrected chi connectivity index (χ2v) is 5.83. The number of nitrogens with two attached hydrogens (primary N) is 1. The van der Waals surface area contributed by atoms with Gasteiger partial charge >= 0.3 is 0 Å². The van der Waals surface area contributed by atoms with Crippen LogP contribution in [0.3, 0.4) is 0 Å². The summed E-state index contributed by atoms with van der Waals surface area (Å²) in [6.07, 6.45) is 8.27. The summed E-state index contributed by atoms with van der Waals surface area (Å²) >= 11 is 0. The molecule has 2 fully saturated rings. The van der Waals surface area contributed by atoms with Gasteiger partial charge in [0.1, 0.15) is 0 Å². The van der Waals surface area contributed by atoms with E-state index in [9.17, 15) is 9.90 Å². The van der Waals surface area contributed by atoms with Crippen LogP contribution in [0.25, 0.3) is 0 Å². The van der Waals surface area contributed by atoms with E-state index >= 15 is 0 Å². The fourth-order valence-electron chi connectivity index (χ4n) is 3.35. The first-order valence-corrected chi connectivity index (χ1v) is 7.38. The van der Waals surface area contributed by atoms with Crippen molar-refractivity contribution in [2.24, 2.45) is 11.7 Å². The molecule has 104 valence electrons. The predicted molar refractivity (Wildman–Crippen MR) is 71.0 cm³/mol. The van der Waals surface area contributed by atoms with Gasteiger partial charge in [-0.15, -0.1) is 0 Å². The summed E-state index contributed by atoms with van der Waals surface area (Å²) in [6.45, 7) is 0.911. The minimum atomic E-state index is 0.0473. The van der Waals surface area contributed by atoms with Gasteiger partial charge in [-0.05, 0) is 38.0 Å². The molecule has 0 radical (unpaired) electrons. The highest BCUT2D eigenvalue weighted by molar-refractivity contribution is 5.77. The number of hydrogen-bond donors (Lipinski definition) is 2. The van der Waals surface area contributed by atoms with Crippen LogP contribution in [-0.4, -0.2) is 41.1 Å². The highest BCUT2D eigenvalue weighted by Crippen LogP contribution is 2.27. The number of nitrogens with zero attached hydrogens (tertiary/aromatic N) is 1. The van der Waals surface area contributed by atoms with Crippen molar-refractivity contribution in [1.29, 1.82) is 0 Å². The average molecular weight is 254 g/mol. The van der Waals surface area contributed by atoms with E-state index in [4.69, 9.17) is 5.73 Å². The van der Waals surface area contributed by atoms with Crippen LogP contribution < -0.4 is 5.73 Å². The Labute approximate surface area is 110 Å². The molecule has 0 aromatic rings. The van der Waals surface area contributed by atoms with Crippen LogP contribution in [0.1, 0.15) is 51.4 Å². The summed E-state index contributed by atoms with van der Waals surface area (Å²) in [6, 6.07) is 0.242. The lowest BCUT2D eigenvalue weighted by Gasteiger charge is -2.37. The number of likely N-dealkylation sites (tertiary alicyclic amines) is 1. The molecular weight excluding hydrogens is 228 g/mol. The lowest BCUT2D eigenvalue weighted by atomic mass is 9.82. The summed E-state index contributed by atoms with van der Waals surface area (Å²) in [5, 5.41) is 9.35. The molecule has 1 aliphatic carbocycles. The highest BCUT2D eigenvalue weighted by Gasteiger charge is 2.30. The third-order valence-electron chi connectivity index (χ3n) is 4.56. The minimum absolute atomic E-state index is 0.0473. The van der Waals surface area contributed by atoms with Crippen LogP contribution in [0.2, 0.25) is 0 Å². The summed E-state index contributed by atoms with van der Waals surface area (Å²) < 4.78 is 0. The lowest BCUT2D eigenvalue weighted by Crippen LogP contribution is -2.47. The summed E-state index contributed by atoms with van der Waals surface area (Å²) in [7, 11) is 0. The molecule has 0 aromatic heterocycles. The van der Waals surface area contributed by atoms with Crippen LogP contribution >= 0.6 is 0 Å². The number of aliphatic hydroxyl groups is 1. The minimum Gasteiger partial charge on any atom is -0.394 e. The Kier molecular flexibility index (Phi) is 5.01. The third-order valence-corrected chi connectivity index (χ3v) is 4.56. The maximum absolute atomic E-state index is 12.3. The van der Waals surface area contributed by atoms with Gasteiger partial charge in [-0.2, -0.15) is 0 Å². The molecule has 3 N–H and O–H groups in total.